The standard InChI is InChI=1S/C20H15F5N2O/c1-11(7-12-4-5-15(21)16(22)8-12)14-9-13(20(23,24)25)10-27-18(14)19-17(28)3-2-6-26-19/h2-6,8-11,28H,7H2,1H3. The zero-order valence-corrected chi connectivity index (χ0v) is 14.6. The van der Waals surface area contributed by atoms with Crippen molar-refractivity contribution in [2.75, 3.05) is 0 Å². The summed E-state index contributed by atoms with van der Waals surface area (Å²) >= 11 is 0. The Bertz CT molecular complexity index is 1000. The molecule has 0 saturated heterocycles. The highest BCUT2D eigenvalue weighted by atomic mass is 19.4. The van der Waals surface area contributed by atoms with E-state index in [4.69, 9.17) is 0 Å². The molecule has 1 atom stereocenters. The molecular formula is C20H15F5N2O. The molecule has 2 aromatic heterocycles. The second kappa shape index (κ2) is 7.53. The minimum absolute atomic E-state index is 0.0448. The molecule has 3 nitrogen and oxygen atoms in total. The molecule has 1 aromatic carbocycles. The van der Waals surface area contributed by atoms with Crippen LogP contribution in [0.1, 0.15) is 29.5 Å². The van der Waals surface area contributed by atoms with Crippen LogP contribution in [0.15, 0.2) is 48.8 Å². The lowest BCUT2D eigenvalue weighted by Crippen LogP contribution is -2.10. The van der Waals surface area contributed by atoms with Crippen molar-refractivity contribution in [2.24, 2.45) is 0 Å². The number of nitrogens with zero attached hydrogens (tertiary/aromatic N) is 2. The van der Waals surface area contributed by atoms with E-state index in [9.17, 15) is 27.1 Å². The molecule has 3 rings (SSSR count). The molecule has 0 saturated carbocycles. The Morgan fingerprint density at radius 3 is 2.39 bits per heavy atom. The highest BCUT2D eigenvalue weighted by Gasteiger charge is 2.32. The molecule has 1 N–H and O–H groups in total. The summed E-state index contributed by atoms with van der Waals surface area (Å²) in [5.74, 6) is -2.81. The van der Waals surface area contributed by atoms with Crippen LogP contribution in [0, 0.1) is 11.6 Å². The number of alkyl halides is 3. The molecule has 0 aliphatic rings. The van der Waals surface area contributed by atoms with Crippen LogP contribution in [0.3, 0.4) is 0 Å². The van der Waals surface area contributed by atoms with Crippen molar-refractivity contribution in [3.05, 3.63) is 77.1 Å². The molecule has 3 aromatic rings. The lowest BCUT2D eigenvalue weighted by Gasteiger charge is -2.18. The molecule has 146 valence electrons. The monoisotopic (exact) mass is 394 g/mol. The molecular weight excluding hydrogens is 379 g/mol. The summed E-state index contributed by atoms with van der Waals surface area (Å²) in [5, 5.41) is 10.0. The number of halogens is 5. The van der Waals surface area contributed by atoms with E-state index in [1.807, 2.05) is 0 Å². The van der Waals surface area contributed by atoms with Crippen molar-refractivity contribution < 1.29 is 27.1 Å². The van der Waals surface area contributed by atoms with Gasteiger partial charge in [0.05, 0.1) is 11.3 Å². The van der Waals surface area contributed by atoms with Crippen LogP contribution in [0.5, 0.6) is 5.75 Å². The zero-order chi connectivity index (χ0) is 20.5. The second-order valence-corrected chi connectivity index (χ2v) is 6.38. The molecule has 0 aliphatic heterocycles. The summed E-state index contributed by atoms with van der Waals surface area (Å²) in [5.41, 5.74) is -0.197. The van der Waals surface area contributed by atoms with E-state index in [1.54, 1.807) is 6.92 Å². The Hall–Kier alpha value is -3.03. The van der Waals surface area contributed by atoms with E-state index in [1.165, 1.54) is 24.4 Å². The maximum absolute atomic E-state index is 13.5. The van der Waals surface area contributed by atoms with Gasteiger partial charge in [-0.2, -0.15) is 13.2 Å². The van der Waals surface area contributed by atoms with Crippen molar-refractivity contribution in [1.29, 1.82) is 0 Å². The summed E-state index contributed by atoms with van der Waals surface area (Å²) in [4.78, 5) is 7.91. The lowest BCUT2D eigenvalue weighted by molar-refractivity contribution is -0.137. The number of hydrogen-bond acceptors (Lipinski definition) is 3. The van der Waals surface area contributed by atoms with Crippen LogP contribution in [-0.2, 0) is 12.6 Å². The topological polar surface area (TPSA) is 46.0 Å². The van der Waals surface area contributed by atoms with Gasteiger partial charge in [-0.1, -0.05) is 13.0 Å². The molecule has 2 heterocycles. The molecule has 1 unspecified atom stereocenters. The van der Waals surface area contributed by atoms with Crippen molar-refractivity contribution in [3.63, 3.8) is 0 Å². The highest BCUT2D eigenvalue weighted by molar-refractivity contribution is 5.66. The lowest BCUT2D eigenvalue weighted by atomic mass is 9.90. The largest absolute Gasteiger partial charge is 0.506 e. The molecule has 0 radical (unpaired) electrons. The maximum Gasteiger partial charge on any atom is 0.417 e. The Balaban J connectivity index is 2.07. The number of aromatic nitrogens is 2. The van der Waals surface area contributed by atoms with Gasteiger partial charge >= 0.3 is 6.18 Å². The van der Waals surface area contributed by atoms with Gasteiger partial charge in [0.15, 0.2) is 11.6 Å². The van der Waals surface area contributed by atoms with Crippen LogP contribution in [-0.4, -0.2) is 15.1 Å². The smallest absolute Gasteiger partial charge is 0.417 e. The van der Waals surface area contributed by atoms with Gasteiger partial charge in [-0.3, -0.25) is 9.97 Å². The summed E-state index contributed by atoms with van der Waals surface area (Å²) in [6.45, 7) is 1.64. The number of hydrogen-bond donors (Lipinski definition) is 1. The molecule has 28 heavy (non-hydrogen) atoms. The van der Waals surface area contributed by atoms with Gasteiger partial charge in [0.2, 0.25) is 0 Å². The van der Waals surface area contributed by atoms with Crippen LogP contribution in [0.2, 0.25) is 0 Å². The zero-order valence-electron chi connectivity index (χ0n) is 14.6. The molecule has 0 bridgehead atoms. The average Bonchev–Trinajstić information content (AvgIpc) is 2.64. The minimum atomic E-state index is -4.60. The first kappa shape index (κ1) is 19.7. The van der Waals surface area contributed by atoms with Crippen LogP contribution in [0.25, 0.3) is 11.4 Å². The van der Waals surface area contributed by atoms with Crippen LogP contribution < -0.4 is 0 Å². The fraction of sp³-hybridized carbons (Fsp3) is 0.200. The average molecular weight is 394 g/mol. The Labute approximate surface area is 157 Å². The van der Waals surface area contributed by atoms with Crippen LogP contribution in [0.4, 0.5) is 22.0 Å². The SMILES string of the molecule is CC(Cc1ccc(F)c(F)c1)c1cc(C(F)(F)F)cnc1-c1ncccc1O. The minimum Gasteiger partial charge on any atom is -0.506 e. The fourth-order valence-electron chi connectivity index (χ4n) is 2.92. The fourth-order valence-corrected chi connectivity index (χ4v) is 2.92. The van der Waals surface area contributed by atoms with Gasteiger partial charge in [0.25, 0.3) is 0 Å². The first-order valence-corrected chi connectivity index (χ1v) is 8.32. The van der Waals surface area contributed by atoms with Gasteiger partial charge in [-0.05, 0) is 53.8 Å². The van der Waals surface area contributed by atoms with Gasteiger partial charge in [0.1, 0.15) is 11.4 Å². The molecule has 8 heteroatoms. The third-order valence-electron chi connectivity index (χ3n) is 4.31. The summed E-state index contributed by atoms with van der Waals surface area (Å²) in [6, 6.07) is 7.12. The van der Waals surface area contributed by atoms with Crippen LogP contribution >= 0.6 is 0 Å². The second-order valence-electron chi connectivity index (χ2n) is 6.38. The van der Waals surface area contributed by atoms with Crippen molar-refractivity contribution >= 4 is 0 Å². The summed E-state index contributed by atoms with van der Waals surface area (Å²) < 4.78 is 66.1. The molecule has 0 fully saturated rings. The van der Waals surface area contributed by atoms with Gasteiger partial charge in [-0.15, -0.1) is 0 Å². The van der Waals surface area contributed by atoms with Gasteiger partial charge < -0.3 is 5.11 Å². The number of aromatic hydroxyl groups is 1. The highest BCUT2D eigenvalue weighted by Crippen LogP contribution is 2.37. The molecule has 0 amide bonds. The van der Waals surface area contributed by atoms with E-state index in [-0.39, 0.29) is 29.1 Å². The number of rotatable bonds is 4. The van der Waals surface area contributed by atoms with E-state index in [0.29, 0.717) is 11.8 Å². The quantitative estimate of drug-likeness (QED) is 0.595. The van der Waals surface area contributed by atoms with E-state index < -0.39 is 29.3 Å². The third-order valence-corrected chi connectivity index (χ3v) is 4.31. The number of pyridine rings is 2. The summed E-state index contributed by atoms with van der Waals surface area (Å²) in [7, 11) is 0. The van der Waals surface area contributed by atoms with E-state index >= 15 is 0 Å². The Morgan fingerprint density at radius 2 is 1.75 bits per heavy atom. The van der Waals surface area contributed by atoms with Crippen molar-refractivity contribution in [2.45, 2.75) is 25.4 Å². The Kier molecular flexibility index (Phi) is 5.31. The first-order chi connectivity index (χ1) is 13.2. The molecule has 0 spiro atoms. The molecule has 0 aliphatic carbocycles. The third kappa shape index (κ3) is 4.11. The van der Waals surface area contributed by atoms with Crippen molar-refractivity contribution in [1.82, 2.24) is 9.97 Å². The predicted molar refractivity (Wildman–Crippen MR) is 92.6 cm³/mol. The maximum atomic E-state index is 13.5. The predicted octanol–water partition coefficient (Wildman–Crippen LogP) is 5.49. The first-order valence-electron chi connectivity index (χ1n) is 8.32. The Morgan fingerprint density at radius 1 is 1.00 bits per heavy atom. The van der Waals surface area contributed by atoms with Gasteiger partial charge in [0, 0.05) is 12.4 Å². The normalized spacial score (nSPS) is 12.8. The number of benzene rings is 1. The van der Waals surface area contributed by atoms with Gasteiger partial charge in [-0.25, -0.2) is 8.78 Å². The van der Waals surface area contributed by atoms with E-state index in [2.05, 4.69) is 9.97 Å². The van der Waals surface area contributed by atoms with E-state index in [0.717, 1.165) is 18.2 Å². The van der Waals surface area contributed by atoms with Crippen molar-refractivity contribution in [3.8, 4) is 17.1 Å². The summed E-state index contributed by atoms with van der Waals surface area (Å²) in [6.07, 6.45) is -2.40.